The van der Waals surface area contributed by atoms with Gasteiger partial charge in [-0.2, -0.15) is 8.42 Å². The smallest absolute Gasteiger partial charge is 0.269 e. The van der Waals surface area contributed by atoms with Crippen LogP contribution in [0.1, 0.15) is 5.56 Å². The largest absolute Gasteiger partial charge is 0.357 e. The van der Waals surface area contributed by atoms with Crippen LogP contribution in [0.15, 0.2) is 60.7 Å². The molecule has 96 valence electrons. The second-order valence-corrected chi connectivity index (χ2v) is 4.75. The lowest BCUT2D eigenvalue weighted by Gasteiger charge is -1.99. The molecule has 0 bridgehead atoms. The van der Waals surface area contributed by atoms with Crippen LogP contribution in [0.4, 0.5) is 5.69 Å². The maximum atomic E-state index is 10.2. The highest BCUT2D eigenvalue weighted by molar-refractivity contribution is 7.87. The van der Waals surface area contributed by atoms with Crippen molar-refractivity contribution in [3.8, 4) is 0 Å². The molecule has 0 aliphatic heterocycles. The van der Waals surface area contributed by atoms with Crippen LogP contribution in [0.25, 0.3) is 0 Å². The maximum absolute atomic E-state index is 10.2. The fourth-order valence-electron chi connectivity index (χ4n) is 1.19. The summed E-state index contributed by atoms with van der Waals surface area (Å²) in [6.07, 6.45) is 0. The van der Waals surface area contributed by atoms with Crippen molar-refractivity contribution in [2.24, 2.45) is 0 Å². The Balaban J connectivity index is 0.000000199. The van der Waals surface area contributed by atoms with Crippen molar-refractivity contribution in [2.75, 3.05) is 4.72 Å². The molecule has 0 saturated heterocycles. The number of rotatable bonds is 2. The first-order valence-corrected chi connectivity index (χ1v) is 6.73. The van der Waals surface area contributed by atoms with E-state index in [4.69, 9.17) is 4.55 Å². The molecule has 2 N–H and O–H groups in total. The molecule has 0 spiro atoms. The number of hydrogen-bond acceptors (Lipinski definition) is 2. The van der Waals surface area contributed by atoms with Gasteiger partial charge in [-0.3, -0.25) is 9.27 Å². The second-order valence-electron chi connectivity index (χ2n) is 3.60. The highest BCUT2D eigenvalue weighted by Gasteiger charge is 2.00. The van der Waals surface area contributed by atoms with E-state index in [2.05, 4.69) is 19.1 Å². The Hall–Kier alpha value is -1.85. The van der Waals surface area contributed by atoms with Crippen molar-refractivity contribution in [3.63, 3.8) is 0 Å². The summed E-state index contributed by atoms with van der Waals surface area (Å²) < 4.78 is 30.7. The van der Waals surface area contributed by atoms with Crippen LogP contribution >= 0.6 is 0 Å². The number of nitrogens with one attached hydrogen (secondary N) is 1. The average molecular weight is 265 g/mol. The summed E-state index contributed by atoms with van der Waals surface area (Å²) in [5.74, 6) is 0. The molecule has 2 aromatic rings. The predicted octanol–water partition coefficient (Wildman–Crippen LogP) is 2.90. The lowest BCUT2D eigenvalue weighted by molar-refractivity contribution is 0.490. The zero-order valence-corrected chi connectivity index (χ0v) is 10.8. The highest BCUT2D eigenvalue weighted by Crippen LogP contribution is 2.05. The van der Waals surface area contributed by atoms with Crippen molar-refractivity contribution in [1.29, 1.82) is 0 Å². The molecule has 0 unspecified atom stereocenters. The Bertz CT molecular complexity index is 553. The molecular formula is C13H15NO3S. The number of anilines is 1. The van der Waals surface area contributed by atoms with E-state index in [0.29, 0.717) is 5.69 Å². The van der Waals surface area contributed by atoms with Gasteiger partial charge in [0, 0.05) is 0 Å². The van der Waals surface area contributed by atoms with Gasteiger partial charge in [0.15, 0.2) is 0 Å². The Kier molecular flexibility index (Phi) is 5.35. The van der Waals surface area contributed by atoms with Gasteiger partial charge < -0.3 is 0 Å². The van der Waals surface area contributed by atoms with E-state index in [1.54, 1.807) is 18.2 Å². The lowest BCUT2D eigenvalue weighted by atomic mass is 10.2. The summed E-state index contributed by atoms with van der Waals surface area (Å²) in [4.78, 5) is 0. The van der Waals surface area contributed by atoms with Crippen molar-refractivity contribution in [1.82, 2.24) is 0 Å². The zero-order chi connectivity index (χ0) is 13.4. The van der Waals surface area contributed by atoms with Gasteiger partial charge in [-0.25, -0.2) is 0 Å². The van der Waals surface area contributed by atoms with Gasteiger partial charge in [0.2, 0.25) is 0 Å². The average Bonchev–Trinajstić information content (AvgIpc) is 2.30. The van der Waals surface area contributed by atoms with E-state index in [9.17, 15) is 8.42 Å². The number of aryl methyl sites for hydroxylation is 1. The fourth-order valence-corrected chi connectivity index (χ4v) is 1.62. The summed E-state index contributed by atoms with van der Waals surface area (Å²) in [7, 11) is -4.13. The molecule has 0 aromatic heterocycles. The fraction of sp³-hybridized carbons (Fsp3) is 0.0769. The van der Waals surface area contributed by atoms with Crippen LogP contribution in [0.3, 0.4) is 0 Å². The number of hydrogen-bond donors (Lipinski definition) is 2. The molecule has 2 aromatic carbocycles. The molecule has 0 aliphatic rings. The molecule has 0 atom stereocenters. The van der Waals surface area contributed by atoms with Gasteiger partial charge in [0.1, 0.15) is 0 Å². The molecule has 0 amide bonds. The van der Waals surface area contributed by atoms with Gasteiger partial charge in [-0.1, -0.05) is 54.1 Å². The SMILES string of the molecule is Cc1ccccc1.O=S(=O)(O)Nc1ccccc1. The number of para-hydroxylation sites is 1. The Morgan fingerprint density at radius 2 is 1.33 bits per heavy atom. The Labute approximate surface area is 107 Å². The van der Waals surface area contributed by atoms with Crippen molar-refractivity contribution in [3.05, 3.63) is 66.2 Å². The molecule has 4 nitrogen and oxygen atoms in total. The minimum Gasteiger partial charge on any atom is -0.269 e. The zero-order valence-electron chi connectivity index (χ0n) is 9.95. The quantitative estimate of drug-likeness (QED) is 0.820. The third-order valence-electron chi connectivity index (χ3n) is 1.96. The van der Waals surface area contributed by atoms with E-state index >= 15 is 0 Å². The topological polar surface area (TPSA) is 66.4 Å². The molecule has 2 rings (SSSR count). The number of benzene rings is 2. The molecule has 0 aliphatic carbocycles. The third kappa shape index (κ3) is 6.67. The standard InChI is InChI=1S/C7H8.C6H7NO3S/c1-7-5-3-2-4-6-7;8-11(9,10)7-6-4-2-1-3-5-6/h2-6H,1H3;1-5,7H,(H,8,9,10). The normalized spacial score (nSPS) is 10.1. The Morgan fingerprint density at radius 1 is 0.889 bits per heavy atom. The van der Waals surface area contributed by atoms with Gasteiger partial charge in [-0.05, 0) is 19.1 Å². The summed E-state index contributed by atoms with van der Waals surface area (Å²) in [6, 6.07) is 18.4. The van der Waals surface area contributed by atoms with Crippen molar-refractivity contribution < 1.29 is 13.0 Å². The van der Waals surface area contributed by atoms with Gasteiger partial charge in [0.05, 0.1) is 5.69 Å². The summed E-state index contributed by atoms with van der Waals surface area (Å²) in [6.45, 7) is 2.08. The van der Waals surface area contributed by atoms with E-state index in [1.807, 2.05) is 22.9 Å². The van der Waals surface area contributed by atoms with Crippen LogP contribution in [0.2, 0.25) is 0 Å². The summed E-state index contributed by atoms with van der Waals surface area (Å²) >= 11 is 0. The molecule has 0 heterocycles. The Morgan fingerprint density at radius 3 is 1.67 bits per heavy atom. The minimum absolute atomic E-state index is 0.343. The van der Waals surface area contributed by atoms with Crippen LogP contribution in [0.5, 0.6) is 0 Å². The van der Waals surface area contributed by atoms with Crippen molar-refractivity contribution in [2.45, 2.75) is 6.92 Å². The lowest BCUT2D eigenvalue weighted by Crippen LogP contribution is -2.09. The first-order chi connectivity index (χ1) is 8.47. The summed E-state index contributed by atoms with van der Waals surface area (Å²) in [5, 5.41) is 0. The van der Waals surface area contributed by atoms with E-state index in [0.717, 1.165) is 0 Å². The first kappa shape index (κ1) is 14.2. The van der Waals surface area contributed by atoms with Gasteiger partial charge >= 0.3 is 10.3 Å². The first-order valence-electron chi connectivity index (χ1n) is 5.29. The third-order valence-corrected chi connectivity index (χ3v) is 2.45. The molecule has 5 heteroatoms. The highest BCUT2D eigenvalue weighted by atomic mass is 32.2. The van der Waals surface area contributed by atoms with Gasteiger partial charge in [0.25, 0.3) is 0 Å². The molecule has 18 heavy (non-hydrogen) atoms. The molecule has 0 radical (unpaired) electrons. The predicted molar refractivity (Wildman–Crippen MR) is 72.8 cm³/mol. The van der Waals surface area contributed by atoms with Crippen LogP contribution in [-0.2, 0) is 10.3 Å². The van der Waals surface area contributed by atoms with Gasteiger partial charge in [-0.15, -0.1) is 0 Å². The second kappa shape index (κ2) is 6.78. The molecule has 0 saturated carbocycles. The van der Waals surface area contributed by atoms with Crippen LogP contribution in [0, 0.1) is 6.92 Å². The molecular weight excluding hydrogens is 250 g/mol. The molecule has 0 fully saturated rings. The maximum Gasteiger partial charge on any atom is 0.357 e. The minimum atomic E-state index is -4.13. The van der Waals surface area contributed by atoms with Crippen molar-refractivity contribution >= 4 is 16.0 Å². The monoisotopic (exact) mass is 265 g/mol. The van der Waals surface area contributed by atoms with Crippen LogP contribution < -0.4 is 4.72 Å². The van der Waals surface area contributed by atoms with Crippen LogP contribution in [-0.4, -0.2) is 13.0 Å². The summed E-state index contributed by atoms with van der Waals surface area (Å²) in [5.41, 5.74) is 1.66. The van der Waals surface area contributed by atoms with E-state index in [-0.39, 0.29) is 0 Å². The van der Waals surface area contributed by atoms with E-state index in [1.165, 1.54) is 17.7 Å². The van der Waals surface area contributed by atoms with E-state index < -0.39 is 10.3 Å².